The predicted octanol–water partition coefficient (Wildman–Crippen LogP) is 5.13. The molecule has 0 aromatic heterocycles. The van der Waals surface area contributed by atoms with Gasteiger partial charge >= 0.3 is 0 Å². The van der Waals surface area contributed by atoms with E-state index in [9.17, 15) is 9.59 Å². The van der Waals surface area contributed by atoms with Gasteiger partial charge in [0.2, 0.25) is 0 Å². The van der Waals surface area contributed by atoms with E-state index in [1.807, 2.05) is 69.3 Å². The van der Waals surface area contributed by atoms with Crippen molar-refractivity contribution in [3.63, 3.8) is 0 Å². The average Bonchev–Trinajstić information content (AvgIpc) is 2.96. The van der Waals surface area contributed by atoms with Gasteiger partial charge in [0.1, 0.15) is 5.70 Å². The molecule has 0 bridgehead atoms. The summed E-state index contributed by atoms with van der Waals surface area (Å²) in [6.07, 6.45) is 0.727. The number of aryl methyl sites for hydroxylation is 1. The highest BCUT2D eigenvalue weighted by atomic mass is 16.5. The van der Waals surface area contributed by atoms with E-state index in [-0.39, 0.29) is 17.9 Å². The fourth-order valence-corrected chi connectivity index (χ4v) is 3.52. The minimum atomic E-state index is -0.293. The number of benzene rings is 2. The number of hydrogen-bond acceptors (Lipinski definition) is 4. The molecule has 0 saturated carbocycles. The Morgan fingerprint density at radius 2 is 1.55 bits per heavy atom. The third-order valence-electron chi connectivity index (χ3n) is 5.33. The fourth-order valence-electron chi connectivity index (χ4n) is 3.52. The molecule has 3 rings (SSSR count). The van der Waals surface area contributed by atoms with Crippen molar-refractivity contribution in [2.24, 2.45) is 0 Å². The van der Waals surface area contributed by atoms with Crippen LogP contribution in [0.3, 0.4) is 0 Å². The molecular formula is C26H32N2O3. The molecule has 1 aliphatic rings. The third kappa shape index (κ3) is 5.42. The van der Waals surface area contributed by atoms with E-state index in [0.29, 0.717) is 36.8 Å². The Morgan fingerprint density at radius 1 is 0.903 bits per heavy atom. The van der Waals surface area contributed by atoms with Crippen molar-refractivity contribution in [2.75, 3.05) is 18.5 Å². The minimum Gasteiger partial charge on any atom is -0.379 e. The fraction of sp³-hybridized carbons (Fsp3) is 0.385. The number of nitrogens with one attached hydrogen (secondary N) is 1. The number of anilines is 1. The van der Waals surface area contributed by atoms with Crippen molar-refractivity contribution in [1.82, 2.24) is 4.90 Å². The van der Waals surface area contributed by atoms with Gasteiger partial charge in [0.15, 0.2) is 0 Å². The van der Waals surface area contributed by atoms with Crippen molar-refractivity contribution in [2.45, 2.75) is 53.1 Å². The van der Waals surface area contributed by atoms with Crippen molar-refractivity contribution < 1.29 is 14.3 Å². The Bertz CT molecular complexity index is 957. The quantitative estimate of drug-likeness (QED) is 0.452. The highest BCUT2D eigenvalue weighted by Gasteiger charge is 2.38. The lowest BCUT2D eigenvalue weighted by atomic mass is 10.0. The summed E-state index contributed by atoms with van der Waals surface area (Å²) in [5.41, 5.74) is 4.60. The highest BCUT2D eigenvalue weighted by Crippen LogP contribution is 2.31. The van der Waals surface area contributed by atoms with E-state index in [2.05, 4.69) is 19.2 Å². The van der Waals surface area contributed by atoms with E-state index in [0.717, 1.165) is 16.8 Å². The molecule has 1 aliphatic heterocycles. The molecule has 2 amide bonds. The number of rotatable bonds is 9. The molecule has 1 N–H and O–H groups in total. The van der Waals surface area contributed by atoms with Crippen LogP contribution >= 0.6 is 0 Å². The normalized spacial score (nSPS) is 14.4. The first-order chi connectivity index (χ1) is 14.8. The number of nitrogens with zero attached hydrogens (tertiary/aromatic N) is 1. The Hall–Kier alpha value is -2.92. The summed E-state index contributed by atoms with van der Waals surface area (Å²) in [5.74, 6) is -0.132. The van der Waals surface area contributed by atoms with E-state index < -0.39 is 0 Å². The first-order valence-electron chi connectivity index (χ1n) is 10.9. The molecule has 0 spiro atoms. The van der Waals surface area contributed by atoms with Crippen LogP contribution in [-0.2, 0) is 14.3 Å². The van der Waals surface area contributed by atoms with E-state index in [4.69, 9.17) is 4.74 Å². The zero-order valence-electron chi connectivity index (χ0n) is 19.1. The Kier molecular flexibility index (Phi) is 7.29. The van der Waals surface area contributed by atoms with Crippen molar-refractivity contribution >= 4 is 23.1 Å². The Morgan fingerprint density at radius 3 is 2.13 bits per heavy atom. The summed E-state index contributed by atoms with van der Waals surface area (Å²) in [5, 5.41) is 3.23. The van der Waals surface area contributed by atoms with Crippen LogP contribution in [0.1, 0.15) is 56.7 Å². The molecule has 1 heterocycles. The minimum absolute atomic E-state index is 0.122. The van der Waals surface area contributed by atoms with E-state index in [1.54, 1.807) is 0 Å². The monoisotopic (exact) mass is 420 g/mol. The molecule has 2 aromatic rings. The number of imide groups is 1. The Labute approximate surface area is 185 Å². The smallest absolute Gasteiger partial charge is 0.278 e. The van der Waals surface area contributed by atoms with Gasteiger partial charge in [-0.1, -0.05) is 55.8 Å². The molecule has 164 valence electrons. The second-order valence-electron chi connectivity index (χ2n) is 8.55. The highest BCUT2D eigenvalue weighted by molar-refractivity contribution is 6.36. The van der Waals surface area contributed by atoms with Crippen LogP contribution in [0.5, 0.6) is 0 Å². The lowest BCUT2D eigenvalue weighted by Gasteiger charge is -2.16. The van der Waals surface area contributed by atoms with Crippen molar-refractivity contribution in [1.29, 1.82) is 0 Å². The molecule has 5 heteroatoms. The predicted molar refractivity (Wildman–Crippen MR) is 125 cm³/mol. The van der Waals surface area contributed by atoms with Gasteiger partial charge < -0.3 is 10.1 Å². The summed E-state index contributed by atoms with van der Waals surface area (Å²) < 4.78 is 5.57. The second kappa shape index (κ2) is 9.92. The van der Waals surface area contributed by atoms with E-state index >= 15 is 0 Å². The molecular weight excluding hydrogens is 388 g/mol. The zero-order valence-corrected chi connectivity index (χ0v) is 19.1. The summed E-state index contributed by atoms with van der Waals surface area (Å²) in [6, 6.07) is 15.7. The SMILES string of the molecule is Cc1ccc(C2=C(Nc3ccc(C(C)C)cc3)C(=O)N(CCCOC(C)C)C2=O)cc1. The van der Waals surface area contributed by atoms with Gasteiger partial charge in [-0.05, 0) is 56.4 Å². The van der Waals surface area contributed by atoms with Gasteiger partial charge in [-0.3, -0.25) is 14.5 Å². The Balaban J connectivity index is 1.88. The molecule has 2 aromatic carbocycles. The lowest BCUT2D eigenvalue weighted by molar-refractivity contribution is -0.137. The van der Waals surface area contributed by atoms with Crippen LogP contribution in [0.4, 0.5) is 5.69 Å². The van der Waals surface area contributed by atoms with Crippen molar-refractivity contribution in [3.8, 4) is 0 Å². The van der Waals surface area contributed by atoms with Crippen LogP contribution in [0, 0.1) is 6.92 Å². The van der Waals surface area contributed by atoms with Crippen molar-refractivity contribution in [3.05, 3.63) is 70.9 Å². The maximum atomic E-state index is 13.2. The number of carbonyl (C=O) groups excluding carboxylic acids is 2. The molecule has 0 aliphatic carbocycles. The molecule has 0 saturated heterocycles. The molecule has 31 heavy (non-hydrogen) atoms. The number of ether oxygens (including phenoxy) is 1. The van der Waals surface area contributed by atoms with Gasteiger partial charge in [-0.2, -0.15) is 0 Å². The first-order valence-corrected chi connectivity index (χ1v) is 10.9. The average molecular weight is 421 g/mol. The molecule has 5 nitrogen and oxygen atoms in total. The van der Waals surface area contributed by atoms with Gasteiger partial charge in [0, 0.05) is 18.8 Å². The summed E-state index contributed by atoms with van der Waals surface area (Å²) in [4.78, 5) is 27.8. The largest absolute Gasteiger partial charge is 0.379 e. The first kappa shape index (κ1) is 22.8. The van der Waals surface area contributed by atoms with Crippen LogP contribution in [-0.4, -0.2) is 36.0 Å². The number of carbonyl (C=O) groups is 2. The summed E-state index contributed by atoms with van der Waals surface area (Å²) in [6.45, 7) is 11.0. The zero-order chi connectivity index (χ0) is 22.5. The van der Waals surface area contributed by atoms with Crippen LogP contribution in [0.15, 0.2) is 54.2 Å². The number of hydrogen-bond donors (Lipinski definition) is 1. The molecule has 0 radical (unpaired) electrons. The van der Waals surface area contributed by atoms with E-state index in [1.165, 1.54) is 10.5 Å². The standard InChI is InChI=1S/C26H32N2O3/c1-17(2)20-11-13-22(14-12-20)27-24-23(21-9-7-19(5)8-10-21)25(29)28(26(24)30)15-6-16-31-18(3)4/h7-14,17-18,27H,6,15-16H2,1-5H3. The molecule has 0 unspecified atom stereocenters. The summed E-state index contributed by atoms with van der Waals surface area (Å²) in [7, 11) is 0. The van der Waals surface area contributed by atoms with Crippen LogP contribution in [0.2, 0.25) is 0 Å². The van der Waals surface area contributed by atoms with Gasteiger partial charge in [-0.25, -0.2) is 0 Å². The van der Waals surface area contributed by atoms with Gasteiger partial charge in [0.25, 0.3) is 11.8 Å². The second-order valence-corrected chi connectivity index (χ2v) is 8.55. The van der Waals surface area contributed by atoms with Gasteiger partial charge in [0.05, 0.1) is 11.7 Å². The topological polar surface area (TPSA) is 58.6 Å². The molecule has 0 atom stereocenters. The maximum absolute atomic E-state index is 13.2. The number of amides is 2. The van der Waals surface area contributed by atoms with Crippen LogP contribution < -0.4 is 5.32 Å². The molecule has 0 fully saturated rings. The maximum Gasteiger partial charge on any atom is 0.278 e. The van der Waals surface area contributed by atoms with Crippen LogP contribution in [0.25, 0.3) is 5.57 Å². The van der Waals surface area contributed by atoms with Gasteiger partial charge in [-0.15, -0.1) is 0 Å². The third-order valence-corrected chi connectivity index (χ3v) is 5.33. The lowest BCUT2D eigenvalue weighted by Crippen LogP contribution is -2.34. The summed E-state index contributed by atoms with van der Waals surface area (Å²) >= 11 is 0.